The molecule has 1 aromatic heterocycles. The highest BCUT2D eigenvalue weighted by molar-refractivity contribution is 5.59. The molecule has 1 N–H and O–H groups in total. The maximum Gasteiger partial charge on any atom is 0.142 e. The SMILES string of the molecule is CCn1nc(C)cc1CNc1cc(OC)ccc1OC. The van der Waals surface area contributed by atoms with Gasteiger partial charge in [0.05, 0.1) is 37.8 Å². The van der Waals surface area contributed by atoms with Crippen molar-refractivity contribution < 1.29 is 9.47 Å². The highest BCUT2D eigenvalue weighted by Crippen LogP contribution is 2.29. The molecule has 0 atom stereocenters. The van der Waals surface area contributed by atoms with Gasteiger partial charge in [-0.1, -0.05) is 0 Å². The summed E-state index contributed by atoms with van der Waals surface area (Å²) < 4.78 is 12.6. The third-order valence-corrected chi connectivity index (χ3v) is 3.15. The molecule has 0 spiro atoms. The van der Waals surface area contributed by atoms with Crippen LogP contribution in [0.1, 0.15) is 18.3 Å². The largest absolute Gasteiger partial charge is 0.497 e. The van der Waals surface area contributed by atoms with Crippen LogP contribution < -0.4 is 14.8 Å². The summed E-state index contributed by atoms with van der Waals surface area (Å²) in [6, 6.07) is 7.79. The molecule has 108 valence electrons. The number of hydrogen-bond acceptors (Lipinski definition) is 4. The molecule has 5 nitrogen and oxygen atoms in total. The molecule has 0 radical (unpaired) electrons. The van der Waals surface area contributed by atoms with Gasteiger partial charge in [-0.3, -0.25) is 4.68 Å². The Labute approximate surface area is 119 Å². The fourth-order valence-electron chi connectivity index (χ4n) is 2.15. The second-order valence-corrected chi connectivity index (χ2v) is 4.51. The summed E-state index contributed by atoms with van der Waals surface area (Å²) in [5.74, 6) is 1.60. The van der Waals surface area contributed by atoms with Gasteiger partial charge >= 0.3 is 0 Å². The Morgan fingerprint density at radius 3 is 2.65 bits per heavy atom. The van der Waals surface area contributed by atoms with Crippen LogP contribution in [0.25, 0.3) is 0 Å². The molecule has 0 amide bonds. The molecule has 2 rings (SSSR count). The van der Waals surface area contributed by atoms with Crippen molar-refractivity contribution in [2.75, 3.05) is 19.5 Å². The maximum absolute atomic E-state index is 5.35. The van der Waals surface area contributed by atoms with Crippen LogP contribution in [0.15, 0.2) is 24.3 Å². The van der Waals surface area contributed by atoms with Crippen LogP contribution in [-0.2, 0) is 13.1 Å². The minimum atomic E-state index is 0.693. The molecule has 5 heteroatoms. The van der Waals surface area contributed by atoms with Gasteiger partial charge in [0.2, 0.25) is 0 Å². The number of nitrogens with one attached hydrogen (secondary N) is 1. The smallest absolute Gasteiger partial charge is 0.142 e. The van der Waals surface area contributed by atoms with E-state index in [0.717, 1.165) is 35.1 Å². The summed E-state index contributed by atoms with van der Waals surface area (Å²) >= 11 is 0. The van der Waals surface area contributed by atoms with E-state index in [-0.39, 0.29) is 0 Å². The van der Waals surface area contributed by atoms with E-state index in [0.29, 0.717) is 6.54 Å². The van der Waals surface area contributed by atoms with Crippen molar-refractivity contribution in [2.45, 2.75) is 26.9 Å². The summed E-state index contributed by atoms with van der Waals surface area (Å²) in [4.78, 5) is 0. The predicted octanol–water partition coefficient (Wildman–Crippen LogP) is 2.84. The topological polar surface area (TPSA) is 48.3 Å². The van der Waals surface area contributed by atoms with Crippen LogP contribution in [-0.4, -0.2) is 24.0 Å². The number of aryl methyl sites for hydroxylation is 2. The van der Waals surface area contributed by atoms with Gasteiger partial charge in [0.1, 0.15) is 11.5 Å². The molecule has 2 aromatic rings. The third-order valence-electron chi connectivity index (χ3n) is 3.15. The second kappa shape index (κ2) is 6.32. The van der Waals surface area contributed by atoms with Crippen LogP contribution in [0.2, 0.25) is 0 Å². The molecule has 0 saturated heterocycles. The van der Waals surface area contributed by atoms with E-state index < -0.39 is 0 Å². The second-order valence-electron chi connectivity index (χ2n) is 4.51. The first-order chi connectivity index (χ1) is 9.67. The third kappa shape index (κ3) is 3.04. The summed E-state index contributed by atoms with van der Waals surface area (Å²) in [6.07, 6.45) is 0. The Hall–Kier alpha value is -2.17. The van der Waals surface area contributed by atoms with E-state index in [4.69, 9.17) is 9.47 Å². The first kappa shape index (κ1) is 14.2. The average molecular weight is 275 g/mol. The van der Waals surface area contributed by atoms with E-state index in [1.54, 1.807) is 14.2 Å². The Morgan fingerprint density at radius 2 is 2.00 bits per heavy atom. The molecule has 0 fully saturated rings. The predicted molar refractivity (Wildman–Crippen MR) is 79.5 cm³/mol. The van der Waals surface area contributed by atoms with Gasteiger partial charge in [0, 0.05) is 12.6 Å². The van der Waals surface area contributed by atoms with Gasteiger partial charge < -0.3 is 14.8 Å². The Balaban J connectivity index is 2.17. The molecule has 0 aliphatic heterocycles. The zero-order valence-corrected chi connectivity index (χ0v) is 12.4. The molecular formula is C15H21N3O2. The molecule has 1 aromatic carbocycles. The number of aromatic nitrogens is 2. The number of anilines is 1. The van der Waals surface area contributed by atoms with Crippen LogP contribution >= 0.6 is 0 Å². The van der Waals surface area contributed by atoms with Crippen molar-refractivity contribution in [1.29, 1.82) is 0 Å². The Kier molecular flexibility index (Phi) is 4.50. The average Bonchev–Trinajstić information content (AvgIpc) is 2.84. The number of benzene rings is 1. The molecule has 1 heterocycles. The highest BCUT2D eigenvalue weighted by atomic mass is 16.5. The molecule has 20 heavy (non-hydrogen) atoms. The highest BCUT2D eigenvalue weighted by Gasteiger charge is 2.07. The summed E-state index contributed by atoms with van der Waals surface area (Å²) in [7, 11) is 3.31. The van der Waals surface area contributed by atoms with Crippen molar-refractivity contribution in [1.82, 2.24) is 9.78 Å². The van der Waals surface area contributed by atoms with Gasteiger partial charge in [-0.25, -0.2) is 0 Å². The zero-order valence-electron chi connectivity index (χ0n) is 12.4. The van der Waals surface area contributed by atoms with Gasteiger partial charge in [-0.05, 0) is 32.0 Å². The number of nitrogens with zero attached hydrogens (tertiary/aromatic N) is 2. The molecule has 0 aliphatic carbocycles. The lowest BCUT2D eigenvalue weighted by molar-refractivity contribution is 0.404. The first-order valence-corrected chi connectivity index (χ1v) is 6.67. The lowest BCUT2D eigenvalue weighted by Crippen LogP contribution is -2.08. The van der Waals surface area contributed by atoms with Crippen LogP contribution in [0, 0.1) is 6.92 Å². The fourth-order valence-corrected chi connectivity index (χ4v) is 2.15. The molecular weight excluding hydrogens is 254 g/mol. The summed E-state index contributed by atoms with van der Waals surface area (Å²) in [5, 5.41) is 7.82. The van der Waals surface area contributed by atoms with Crippen molar-refractivity contribution in [3.63, 3.8) is 0 Å². The van der Waals surface area contributed by atoms with E-state index in [2.05, 4.69) is 23.4 Å². The van der Waals surface area contributed by atoms with Crippen LogP contribution in [0.3, 0.4) is 0 Å². The maximum atomic E-state index is 5.35. The van der Waals surface area contributed by atoms with E-state index in [1.807, 2.05) is 29.8 Å². The number of hydrogen-bond donors (Lipinski definition) is 1. The monoisotopic (exact) mass is 275 g/mol. The first-order valence-electron chi connectivity index (χ1n) is 6.67. The summed E-state index contributed by atoms with van der Waals surface area (Å²) in [5.41, 5.74) is 3.09. The van der Waals surface area contributed by atoms with Gasteiger partial charge in [0.25, 0.3) is 0 Å². The lowest BCUT2D eigenvalue weighted by atomic mass is 10.2. The summed E-state index contributed by atoms with van der Waals surface area (Å²) in [6.45, 7) is 5.64. The molecule has 0 unspecified atom stereocenters. The minimum absolute atomic E-state index is 0.693. The molecule has 0 aliphatic rings. The standard InChI is InChI=1S/C15H21N3O2/c1-5-18-12(8-11(2)17-18)10-16-14-9-13(19-3)6-7-15(14)20-4/h6-9,16H,5,10H2,1-4H3. The lowest BCUT2D eigenvalue weighted by Gasteiger charge is -2.13. The molecule has 0 bridgehead atoms. The van der Waals surface area contributed by atoms with Gasteiger partial charge in [0.15, 0.2) is 0 Å². The zero-order chi connectivity index (χ0) is 14.5. The Bertz CT molecular complexity index is 578. The fraction of sp³-hybridized carbons (Fsp3) is 0.400. The van der Waals surface area contributed by atoms with Crippen molar-refractivity contribution in [3.05, 3.63) is 35.7 Å². The molecule has 0 saturated carbocycles. The number of ether oxygens (including phenoxy) is 2. The van der Waals surface area contributed by atoms with Crippen molar-refractivity contribution in [2.24, 2.45) is 0 Å². The van der Waals surface area contributed by atoms with Crippen molar-refractivity contribution in [3.8, 4) is 11.5 Å². The number of rotatable bonds is 6. The van der Waals surface area contributed by atoms with E-state index in [1.165, 1.54) is 0 Å². The van der Waals surface area contributed by atoms with Crippen LogP contribution in [0.4, 0.5) is 5.69 Å². The van der Waals surface area contributed by atoms with Gasteiger partial charge in [-0.2, -0.15) is 5.10 Å². The van der Waals surface area contributed by atoms with E-state index in [9.17, 15) is 0 Å². The minimum Gasteiger partial charge on any atom is -0.497 e. The van der Waals surface area contributed by atoms with Crippen LogP contribution in [0.5, 0.6) is 11.5 Å². The quantitative estimate of drug-likeness (QED) is 0.880. The normalized spacial score (nSPS) is 10.4. The Morgan fingerprint density at radius 1 is 1.20 bits per heavy atom. The number of methoxy groups -OCH3 is 2. The van der Waals surface area contributed by atoms with Crippen molar-refractivity contribution >= 4 is 5.69 Å². The van der Waals surface area contributed by atoms with Gasteiger partial charge in [-0.15, -0.1) is 0 Å². The van der Waals surface area contributed by atoms with E-state index >= 15 is 0 Å².